The van der Waals surface area contributed by atoms with Gasteiger partial charge in [-0.1, -0.05) is 11.6 Å². The van der Waals surface area contributed by atoms with Crippen molar-refractivity contribution in [3.8, 4) is 0 Å². The number of nitrogens with one attached hydrogen (secondary N) is 1. The van der Waals surface area contributed by atoms with Gasteiger partial charge in [0.25, 0.3) is 0 Å². The summed E-state index contributed by atoms with van der Waals surface area (Å²) >= 11 is 5.68. The topological polar surface area (TPSA) is 71.5 Å². The van der Waals surface area contributed by atoms with Gasteiger partial charge in [0.05, 0.1) is 10.6 Å². The van der Waals surface area contributed by atoms with Gasteiger partial charge in [-0.25, -0.2) is 9.78 Å². The van der Waals surface area contributed by atoms with Crippen molar-refractivity contribution in [2.75, 3.05) is 25.6 Å². The van der Waals surface area contributed by atoms with Crippen LogP contribution in [0, 0.1) is 0 Å². The quantitative estimate of drug-likeness (QED) is 0.748. The van der Waals surface area contributed by atoms with Gasteiger partial charge in [0, 0.05) is 26.5 Å². The van der Waals surface area contributed by atoms with Gasteiger partial charge in [-0.05, 0) is 12.5 Å². The Labute approximate surface area is 98.4 Å². The highest BCUT2D eigenvalue weighted by Gasteiger charge is 2.09. The van der Waals surface area contributed by atoms with Crippen LogP contribution >= 0.6 is 11.6 Å². The Balaban J connectivity index is 2.61. The molecule has 88 valence electrons. The highest BCUT2D eigenvalue weighted by molar-refractivity contribution is 6.33. The fourth-order valence-electron chi connectivity index (χ4n) is 1.13. The lowest BCUT2D eigenvalue weighted by atomic mass is 10.2. The molecule has 0 fully saturated rings. The molecule has 0 aliphatic carbocycles. The smallest absolute Gasteiger partial charge is 0.337 e. The lowest BCUT2D eigenvalue weighted by Crippen LogP contribution is -2.07. The Kier molecular flexibility index (Phi) is 5.01. The van der Waals surface area contributed by atoms with E-state index in [1.807, 2.05) is 0 Å². The van der Waals surface area contributed by atoms with Crippen LogP contribution in [-0.2, 0) is 4.74 Å². The summed E-state index contributed by atoms with van der Waals surface area (Å²) in [6.45, 7) is 1.31. The fourth-order valence-corrected chi connectivity index (χ4v) is 1.32. The van der Waals surface area contributed by atoms with Crippen LogP contribution < -0.4 is 5.32 Å². The Morgan fingerprint density at radius 3 is 3.06 bits per heavy atom. The van der Waals surface area contributed by atoms with Crippen molar-refractivity contribution in [1.82, 2.24) is 4.98 Å². The van der Waals surface area contributed by atoms with E-state index in [9.17, 15) is 4.79 Å². The van der Waals surface area contributed by atoms with Crippen LogP contribution in [0.25, 0.3) is 0 Å². The number of carbonyl (C=O) groups is 1. The number of ether oxygens (including phenoxy) is 1. The SMILES string of the molecule is COCCCNc1cc(C(=O)O)c(Cl)cn1. The summed E-state index contributed by atoms with van der Waals surface area (Å²) in [5.41, 5.74) is 0.0471. The summed E-state index contributed by atoms with van der Waals surface area (Å²) in [5.74, 6) is -0.565. The van der Waals surface area contributed by atoms with E-state index < -0.39 is 5.97 Å². The molecule has 0 saturated heterocycles. The minimum absolute atomic E-state index is 0.0471. The lowest BCUT2D eigenvalue weighted by molar-refractivity contribution is 0.0697. The van der Waals surface area contributed by atoms with Crippen LogP contribution in [0.3, 0.4) is 0 Å². The first kappa shape index (κ1) is 12.7. The fraction of sp³-hybridized carbons (Fsp3) is 0.400. The van der Waals surface area contributed by atoms with E-state index in [0.717, 1.165) is 6.42 Å². The zero-order valence-electron chi connectivity index (χ0n) is 8.86. The largest absolute Gasteiger partial charge is 0.478 e. The van der Waals surface area contributed by atoms with Gasteiger partial charge < -0.3 is 15.2 Å². The van der Waals surface area contributed by atoms with Gasteiger partial charge in [0.1, 0.15) is 5.82 Å². The van der Waals surface area contributed by atoms with Crippen molar-refractivity contribution in [1.29, 1.82) is 0 Å². The molecule has 1 aromatic heterocycles. The van der Waals surface area contributed by atoms with Crippen LogP contribution in [0.5, 0.6) is 0 Å². The van der Waals surface area contributed by atoms with Crippen LogP contribution in [-0.4, -0.2) is 36.3 Å². The van der Waals surface area contributed by atoms with Crippen LogP contribution in [0.4, 0.5) is 5.82 Å². The maximum atomic E-state index is 10.8. The maximum absolute atomic E-state index is 10.8. The van der Waals surface area contributed by atoms with E-state index in [-0.39, 0.29) is 10.6 Å². The molecule has 0 aliphatic heterocycles. The van der Waals surface area contributed by atoms with Crippen LogP contribution in [0.2, 0.25) is 5.02 Å². The average Bonchev–Trinajstić information content (AvgIpc) is 2.26. The lowest BCUT2D eigenvalue weighted by Gasteiger charge is -2.06. The number of nitrogens with zero attached hydrogens (tertiary/aromatic N) is 1. The maximum Gasteiger partial charge on any atom is 0.337 e. The van der Waals surface area contributed by atoms with Crippen molar-refractivity contribution in [2.45, 2.75) is 6.42 Å². The molecule has 0 amide bonds. The molecule has 5 nitrogen and oxygen atoms in total. The van der Waals surface area contributed by atoms with Crippen LogP contribution in [0.1, 0.15) is 16.8 Å². The van der Waals surface area contributed by atoms with Crippen molar-refractivity contribution in [3.05, 3.63) is 22.8 Å². The number of aromatic nitrogens is 1. The number of anilines is 1. The monoisotopic (exact) mass is 244 g/mol. The number of pyridine rings is 1. The Bertz CT molecular complexity index is 371. The van der Waals surface area contributed by atoms with Gasteiger partial charge in [-0.2, -0.15) is 0 Å². The predicted molar refractivity (Wildman–Crippen MR) is 61.2 cm³/mol. The molecule has 16 heavy (non-hydrogen) atoms. The average molecular weight is 245 g/mol. The summed E-state index contributed by atoms with van der Waals surface area (Å²) in [7, 11) is 1.63. The van der Waals surface area contributed by atoms with Crippen molar-refractivity contribution in [3.63, 3.8) is 0 Å². The molecular weight excluding hydrogens is 232 g/mol. The molecule has 2 N–H and O–H groups in total. The van der Waals surface area contributed by atoms with E-state index in [2.05, 4.69) is 10.3 Å². The zero-order chi connectivity index (χ0) is 12.0. The minimum atomic E-state index is -1.06. The molecule has 0 atom stereocenters. The molecule has 0 spiro atoms. The van der Waals surface area contributed by atoms with Crippen molar-refractivity contribution in [2.24, 2.45) is 0 Å². The summed E-state index contributed by atoms with van der Waals surface area (Å²) < 4.78 is 4.89. The molecule has 1 aromatic rings. The van der Waals surface area contributed by atoms with Crippen molar-refractivity contribution < 1.29 is 14.6 Å². The molecule has 0 aliphatic rings. The summed E-state index contributed by atoms with van der Waals surface area (Å²) in [6.07, 6.45) is 2.15. The number of hydrogen-bond donors (Lipinski definition) is 2. The second-order valence-electron chi connectivity index (χ2n) is 3.13. The van der Waals surface area contributed by atoms with Crippen molar-refractivity contribution >= 4 is 23.4 Å². The standard InChI is InChI=1S/C10H13ClN2O3/c1-16-4-2-3-12-9-5-7(10(14)15)8(11)6-13-9/h5-6H,2-4H2,1H3,(H,12,13)(H,14,15). The third-order valence-corrected chi connectivity index (χ3v) is 2.22. The first-order valence-corrected chi connectivity index (χ1v) is 5.14. The van der Waals surface area contributed by atoms with Gasteiger partial charge >= 0.3 is 5.97 Å². The molecule has 0 bridgehead atoms. The normalized spacial score (nSPS) is 10.1. The van der Waals surface area contributed by atoms with E-state index >= 15 is 0 Å². The third-order valence-electron chi connectivity index (χ3n) is 1.92. The molecule has 1 heterocycles. The number of halogens is 1. The van der Waals surface area contributed by atoms with Gasteiger partial charge in [-0.15, -0.1) is 0 Å². The summed E-state index contributed by atoms with van der Waals surface area (Å²) in [5, 5.41) is 12.0. The van der Waals surface area contributed by atoms with Gasteiger partial charge in [0.2, 0.25) is 0 Å². The Morgan fingerprint density at radius 1 is 1.69 bits per heavy atom. The Hall–Kier alpha value is -1.33. The van der Waals surface area contributed by atoms with E-state index in [1.54, 1.807) is 7.11 Å². The molecule has 0 aromatic carbocycles. The molecule has 0 saturated carbocycles. The second kappa shape index (κ2) is 6.30. The third kappa shape index (κ3) is 3.67. The predicted octanol–water partition coefficient (Wildman–Crippen LogP) is 1.88. The molecular formula is C10H13ClN2O3. The number of rotatable bonds is 6. The number of carboxylic acid groups (broad SMARTS) is 1. The highest BCUT2D eigenvalue weighted by Crippen LogP contribution is 2.17. The summed E-state index contributed by atoms with van der Waals surface area (Å²) in [6, 6.07) is 1.41. The first-order valence-electron chi connectivity index (χ1n) is 4.77. The molecule has 6 heteroatoms. The number of methoxy groups -OCH3 is 1. The molecule has 1 rings (SSSR count). The van der Waals surface area contributed by atoms with E-state index in [0.29, 0.717) is 19.0 Å². The molecule has 0 unspecified atom stereocenters. The van der Waals surface area contributed by atoms with Gasteiger partial charge in [0.15, 0.2) is 0 Å². The van der Waals surface area contributed by atoms with Gasteiger partial charge in [-0.3, -0.25) is 0 Å². The molecule has 0 radical (unpaired) electrons. The minimum Gasteiger partial charge on any atom is -0.478 e. The van der Waals surface area contributed by atoms with E-state index in [1.165, 1.54) is 12.3 Å². The number of carboxylic acids is 1. The Morgan fingerprint density at radius 2 is 2.44 bits per heavy atom. The van der Waals surface area contributed by atoms with E-state index in [4.69, 9.17) is 21.4 Å². The first-order chi connectivity index (χ1) is 7.65. The van der Waals surface area contributed by atoms with Crippen LogP contribution in [0.15, 0.2) is 12.3 Å². The highest BCUT2D eigenvalue weighted by atomic mass is 35.5. The number of hydrogen-bond acceptors (Lipinski definition) is 4. The summed E-state index contributed by atoms with van der Waals surface area (Å²) in [4.78, 5) is 14.8. The number of aromatic carboxylic acids is 1. The zero-order valence-corrected chi connectivity index (χ0v) is 9.62. The second-order valence-corrected chi connectivity index (χ2v) is 3.53.